The Hall–Kier alpha value is -0.930. The fourth-order valence-corrected chi connectivity index (χ4v) is 2.24. The zero-order valence-corrected chi connectivity index (χ0v) is 11.2. The van der Waals surface area contributed by atoms with Crippen LogP contribution in [0, 0.1) is 0 Å². The normalized spacial score (nSPS) is 19.3. The quantitative estimate of drug-likeness (QED) is 0.903. The number of halogens is 1. The molecule has 1 fully saturated rings. The van der Waals surface area contributed by atoms with Gasteiger partial charge in [0.15, 0.2) is 11.5 Å². The maximum atomic E-state index is 5.32. The molecule has 1 aromatic rings. The lowest BCUT2D eigenvalue weighted by molar-refractivity contribution is 0.353. The summed E-state index contributed by atoms with van der Waals surface area (Å²) in [7, 11) is 3.35. The summed E-state index contributed by atoms with van der Waals surface area (Å²) < 4.78 is 10.6. The minimum absolute atomic E-state index is 0. The van der Waals surface area contributed by atoms with Gasteiger partial charge in [0.2, 0.25) is 0 Å². The van der Waals surface area contributed by atoms with E-state index in [9.17, 15) is 0 Å². The van der Waals surface area contributed by atoms with E-state index in [0.29, 0.717) is 5.92 Å². The second-order valence-corrected chi connectivity index (χ2v) is 4.16. The van der Waals surface area contributed by atoms with Crippen molar-refractivity contribution in [3.8, 4) is 11.5 Å². The molecule has 0 radical (unpaired) electrons. The summed E-state index contributed by atoms with van der Waals surface area (Å²) in [6, 6.07) is 6.22. The summed E-state index contributed by atoms with van der Waals surface area (Å²) in [6.07, 6.45) is 2.50. The molecule has 1 saturated heterocycles. The predicted octanol–water partition coefficient (Wildman–Crippen LogP) is 2.59. The highest BCUT2D eigenvalue weighted by molar-refractivity contribution is 5.85. The lowest BCUT2D eigenvalue weighted by Gasteiger charge is -2.23. The van der Waals surface area contributed by atoms with Crippen LogP contribution in [-0.4, -0.2) is 27.3 Å². The van der Waals surface area contributed by atoms with Gasteiger partial charge >= 0.3 is 0 Å². The van der Waals surface area contributed by atoms with Crippen LogP contribution in [0.5, 0.6) is 11.5 Å². The minimum atomic E-state index is 0. The standard InChI is InChI=1S/C13H19NO2.ClH/c1-15-12-6-5-10(8-13(12)16-2)11-4-3-7-14-9-11;/h5-6,8,11,14H,3-4,7,9H2,1-2H3;1H. The van der Waals surface area contributed by atoms with Crippen molar-refractivity contribution in [2.24, 2.45) is 0 Å². The molecule has 3 nitrogen and oxygen atoms in total. The first-order valence-electron chi connectivity index (χ1n) is 5.78. The third-order valence-electron chi connectivity index (χ3n) is 3.18. The highest BCUT2D eigenvalue weighted by atomic mass is 35.5. The van der Waals surface area contributed by atoms with Gasteiger partial charge in [0.25, 0.3) is 0 Å². The SMILES string of the molecule is COc1ccc(C2CCCNC2)cc1OC.Cl. The predicted molar refractivity (Wildman–Crippen MR) is 71.6 cm³/mol. The van der Waals surface area contributed by atoms with Gasteiger partial charge in [0.05, 0.1) is 14.2 Å². The van der Waals surface area contributed by atoms with E-state index >= 15 is 0 Å². The van der Waals surface area contributed by atoms with Gasteiger partial charge in [-0.3, -0.25) is 0 Å². The number of methoxy groups -OCH3 is 2. The monoisotopic (exact) mass is 257 g/mol. The maximum Gasteiger partial charge on any atom is 0.160 e. The number of ether oxygens (including phenoxy) is 2. The van der Waals surface area contributed by atoms with Crippen molar-refractivity contribution >= 4 is 12.4 Å². The zero-order valence-electron chi connectivity index (χ0n) is 10.4. The van der Waals surface area contributed by atoms with Gasteiger partial charge in [0.1, 0.15) is 0 Å². The molecular formula is C13H20ClNO2. The molecular weight excluding hydrogens is 238 g/mol. The molecule has 1 heterocycles. The van der Waals surface area contributed by atoms with Crippen molar-refractivity contribution in [3.63, 3.8) is 0 Å². The first-order chi connectivity index (χ1) is 7.85. The molecule has 1 aliphatic heterocycles. The average molecular weight is 258 g/mol. The summed E-state index contributed by atoms with van der Waals surface area (Å²) in [5.74, 6) is 2.23. The third-order valence-corrected chi connectivity index (χ3v) is 3.18. The van der Waals surface area contributed by atoms with Gasteiger partial charge < -0.3 is 14.8 Å². The first kappa shape index (κ1) is 14.1. The fraction of sp³-hybridized carbons (Fsp3) is 0.538. The summed E-state index contributed by atoms with van der Waals surface area (Å²) >= 11 is 0. The van der Waals surface area contributed by atoms with Crippen LogP contribution in [0.3, 0.4) is 0 Å². The number of hydrogen-bond acceptors (Lipinski definition) is 3. The van der Waals surface area contributed by atoms with E-state index < -0.39 is 0 Å². The van der Waals surface area contributed by atoms with Gasteiger partial charge in [-0.05, 0) is 43.0 Å². The molecule has 0 spiro atoms. The van der Waals surface area contributed by atoms with Gasteiger partial charge in [-0.2, -0.15) is 0 Å². The van der Waals surface area contributed by atoms with Crippen molar-refractivity contribution in [1.29, 1.82) is 0 Å². The summed E-state index contributed by atoms with van der Waals surface area (Å²) in [5, 5.41) is 3.43. The smallest absolute Gasteiger partial charge is 0.160 e. The lowest BCUT2D eigenvalue weighted by atomic mass is 9.91. The van der Waals surface area contributed by atoms with E-state index in [0.717, 1.165) is 24.6 Å². The summed E-state index contributed by atoms with van der Waals surface area (Å²) in [6.45, 7) is 2.21. The molecule has 1 aromatic carbocycles. The van der Waals surface area contributed by atoms with E-state index in [-0.39, 0.29) is 12.4 Å². The Morgan fingerprint density at radius 3 is 2.53 bits per heavy atom. The van der Waals surface area contributed by atoms with E-state index in [2.05, 4.69) is 17.4 Å². The Morgan fingerprint density at radius 2 is 1.94 bits per heavy atom. The van der Waals surface area contributed by atoms with Crippen molar-refractivity contribution in [2.75, 3.05) is 27.3 Å². The van der Waals surface area contributed by atoms with Crippen LogP contribution in [-0.2, 0) is 0 Å². The number of benzene rings is 1. The Labute approximate surface area is 109 Å². The lowest BCUT2D eigenvalue weighted by Crippen LogP contribution is -2.28. The van der Waals surface area contributed by atoms with Gasteiger partial charge in [-0.1, -0.05) is 6.07 Å². The molecule has 0 bridgehead atoms. The van der Waals surface area contributed by atoms with Crippen molar-refractivity contribution < 1.29 is 9.47 Å². The van der Waals surface area contributed by atoms with Gasteiger partial charge in [-0.15, -0.1) is 12.4 Å². The van der Waals surface area contributed by atoms with Gasteiger partial charge in [-0.25, -0.2) is 0 Å². The molecule has 1 aliphatic rings. The Bertz CT molecular complexity index is 351. The molecule has 0 aromatic heterocycles. The fourth-order valence-electron chi connectivity index (χ4n) is 2.24. The molecule has 0 saturated carbocycles. The van der Waals surface area contributed by atoms with Crippen LogP contribution in [0.25, 0.3) is 0 Å². The third kappa shape index (κ3) is 3.27. The average Bonchev–Trinajstić information content (AvgIpc) is 2.39. The number of hydrogen-bond donors (Lipinski definition) is 1. The number of rotatable bonds is 3. The highest BCUT2D eigenvalue weighted by Crippen LogP contribution is 2.32. The number of nitrogens with one attached hydrogen (secondary N) is 1. The molecule has 0 amide bonds. The summed E-state index contributed by atoms with van der Waals surface area (Å²) in [5.41, 5.74) is 1.34. The van der Waals surface area contributed by atoms with Crippen molar-refractivity contribution in [3.05, 3.63) is 23.8 Å². The Morgan fingerprint density at radius 1 is 1.18 bits per heavy atom. The summed E-state index contributed by atoms with van der Waals surface area (Å²) in [4.78, 5) is 0. The van der Waals surface area contributed by atoms with Crippen molar-refractivity contribution in [1.82, 2.24) is 5.32 Å². The van der Waals surface area contributed by atoms with Crippen LogP contribution in [0.1, 0.15) is 24.3 Å². The largest absolute Gasteiger partial charge is 0.493 e. The van der Waals surface area contributed by atoms with E-state index in [4.69, 9.17) is 9.47 Å². The molecule has 1 unspecified atom stereocenters. The second-order valence-electron chi connectivity index (χ2n) is 4.16. The van der Waals surface area contributed by atoms with Crippen molar-refractivity contribution in [2.45, 2.75) is 18.8 Å². The first-order valence-corrected chi connectivity index (χ1v) is 5.78. The van der Waals surface area contributed by atoms with E-state index in [1.807, 2.05) is 6.07 Å². The van der Waals surface area contributed by atoms with Crippen LogP contribution >= 0.6 is 12.4 Å². The van der Waals surface area contributed by atoms with Crippen LogP contribution in [0.2, 0.25) is 0 Å². The van der Waals surface area contributed by atoms with Crippen LogP contribution < -0.4 is 14.8 Å². The molecule has 0 aliphatic carbocycles. The van der Waals surface area contributed by atoms with E-state index in [1.54, 1.807) is 14.2 Å². The van der Waals surface area contributed by atoms with Gasteiger partial charge in [0, 0.05) is 6.54 Å². The highest BCUT2D eigenvalue weighted by Gasteiger charge is 2.16. The molecule has 96 valence electrons. The topological polar surface area (TPSA) is 30.5 Å². The Kier molecular flexibility index (Phi) is 5.59. The van der Waals surface area contributed by atoms with Crippen LogP contribution in [0.15, 0.2) is 18.2 Å². The van der Waals surface area contributed by atoms with Crippen LogP contribution in [0.4, 0.5) is 0 Å². The molecule has 1 atom stereocenters. The molecule has 17 heavy (non-hydrogen) atoms. The second kappa shape index (κ2) is 6.72. The van der Waals surface area contributed by atoms with E-state index in [1.165, 1.54) is 18.4 Å². The molecule has 1 N–H and O–H groups in total. The Balaban J connectivity index is 0.00000144. The number of piperidine rings is 1. The maximum absolute atomic E-state index is 5.32. The minimum Gasteiger partial charge on any atom is -0.493 e. The molecule has 4 heteroatoms. The molecule has 2 rings (SSSR count). The zero-order chi connectivity index (χ0) is 11.4.